The minimum Gasteiger partial charge on any atom is -0.153 e. The van der Waals surface area contributed by atoms with Gasteiger partial charge in [0.25, 0.3) is 0 Å². The lowest BCUT2D eigenvalue weighted by Crippen LogP contribution is -1.88. The summed E-state index contributed by atoms with van der Waals surface area (Å²) in [6.45, 7) is 2.26. The van der Waals surface area contributed by atoms with Gasteiger partial charge in [-0.15, -0.1) is 9.24 Å². The predicted octanol–water partition coefficient (Wildman–Crippen LogP) is 6.98. The van der Waals surface area contributed by atoms with Crippen molar-refractivity contribution in [3.8, 4) is 11.1 Å². The first-order valence-corrected chi connectivity index (χ1v) is 9.53. The van der Waals surface area contributed by atoms with Crippen LogP contribution in [0.2, 0.25) is 0 Å². The van der Waals surface area contributed by atoms with Gasteiger partial charge < -0.3 is 0 Å². The molecule has 2 atom stereocenters. The number of unbranched alkanes of at least 4 members (excludes halogenated alkanes) is 3. The van der Waals surface area contributed by atoms with E-state index in [9.17, 15) is 0 Å². The molecule has 24 heavy (non-hydrogen) atoms. The summed E-state index contributed by atoms with van der Waals surface area (Å²) in [4.78, 5) is 0. The third-order valence-corrected chi connectivity index (χ3v) is 4.64. The fourth-order valence-electron chi connectivity index (χ4n) is 2.78. The van der Waals surface area contributed by atoms with Crippen molar-refractivity contribution in [2.45, 2.75) is 59.3 Å². The zero-order chi connectivity index (χ0) is 15.6. The standard InChI is InChI=1S/C21H29P.CH4.H3P/c1-2-3-4-7-18-9-13-20(14-10-18)21-15-11-19(12-16-21)8-5-6-17-22;;/h9-16H,2-8,17,22H2,1H3;1H4;1H3. The highest BCUT2D eigenvalue weighted by Gasteiger charge is 2.00. The normalized spacial score (nSPS) is 9.92. The summed E-state index contributed by atoms with van der Waals surface area (Å²) in [6.07, 6.45) is 10.1. The Morgan fingerprint density at radius 1 is 0.667 bits per heavy atom. The molecule has 0 saturated heterocycles. The smallest absolute Gasteiger partial charge is 0.0184 e. The third kappa shape index (κ3) is 7.92. The van der Waals surface area contributed by atoms with E-state index in [4.69, 9.17) is 0 Å². The molecule has 2 aromatic carbocycles. The van der Waals surface area contributed by atoms with Crippen LogP contribution in [0.5, 0.6) is 0 Å². The number of hydrogen-bond donors (Lipinski definition) is 0. The molecule has 0 fully saturated rings. The van der Waals surface area contributed by atoms with Crippen molar-refractivity contribution in [3.63, 3.8) is 0 Å². The highest BCUT2D eigenvalue weighted by Crippen LogP contribution is 2.21. The van der Waals surface area contributed by atoms with Crippen LogP contribution in [0.3, 0.4) is 0 Å². The van der Waals surface area contributed by atoms with Crippen LogP contribution in [-0.2, 0) is 12.8 Å². The van der Waals surface area contributed by atoms with E-state index in [1.165, 1.54) is 73.4 Å². The summed E-state index contributed by atoms with van der Waals surface area (Å²) in [6, 6.07) is 18.2. The van der Waals surface area contributed by atoms with Gasteiger partial charge in [0.15, 0.2) is 0 Å². The Balaban J connectivity index is 0.00000264. The van der Waals surface area contributed by atoms with Crippen molar-refractivity contribution in [3.05, 3.63) is 59.7 Å². The van der Waals surface area contributed by atoms with E-state index in [1.54, 1.807) is 0 Å². The molecule has 0 N–H and O–H groups in total. The fraction of sp³-hybridized carbons (Fsp3) is 0.455. The van der Waals surface area contributed by atoms with E-state index in [2.05, 4.69) is 64.7 Å². The van der Waals surface area contributed by atoms with Gasteiger partial charge in [0.05, 0.1) is 0 Å². The van der Waals surface area contributed by atoms with Crippen molar-refractivity contribution < 1.29 is 0 Å². The van der Waals surface area contributed by atoms with Crippen LogP contribution in [0.25, 0.3) is 11.1 Å². The molecule has 0 aromatic heterocycles. The zero-order valence-electron chi connectivity index (χ0n) is 14.6. The van der Waals surface area contributed by atoms with Gasteiger partial charge in [-0.05, 0) is 60.5 Å². The molecule has 2 rings (SSSR count). The molecule has 0 aliphatic heterocycles. The Morgan fingerprint density at radius 2 is 1.08 bits per heavy atom. The Labute approximate surface area is 155 Å². The van der Waals surface area contributed by atoms with Gasteiger partial charge in [0.1, 0.15) is 0 Å². The monoisotopic (exact) mass is 362 g/mol. The van der Waals surface area contributed by atoms with Crippen molar-refractivity contribution in [1.82, 2.24) is 0 Å². The van der Waals surface area contributed by atoms with Crippen molar-refractivity contribution >= 4 is 19.1 Å². The Hall–Kier alpha value is -0.700. The van der Waals surface area contributed by atoms with E-state index in [-0.39, 0.29) is 17.3 Å². The highest BCUT2D eigenvalue weighted by atomic mass is 31.0. The maximum atomic E-state index is 2.81. The molecule has 0 bridgehead atoms. The molecule has 2 aromatic rings. The van der Waals surface area contributed by atoms with E-state index in [0.29, 0.717) is 0 Å². The van der Waals surface area contributed by atoms with Gasteiger partial charge in [-0.2, -0.15) is 9.90 Å². The molecule has 134 valence electrons. The second-order valence-corrected chi connectivity index (χ2v) is 6.67. The van der Waals surface area contributed by atoms with Crippen LogP contribution in [0.4, 0.5) is 0 Å². The highest BCUT2D eigenvalue weighted by molar-refractivity contribution is 7.16. The van der Waals surface area contributed by atoms with Crippen LogP contribution in [-0.4, -0.2) is 6.16 Å². The van der Waals surface area contributed by atoms with Gasteiger partial charge in [-0.1, -0.05) is 75.7 Å². The number of hydrogen-bond acceptors (Lipinski definition) is 0. The summed E-state index contributed by atoms with van der Waals surface area (Å²) in [5, 5.41) is 0. The minimum absolute atomic E-state index is 0. The zero-order valence-corrected chi connectivity index (χ0v) is 17.1. The molecule has 0 amide bonds. The first kappa shape index (κ1) is 23.3. The first-order chi connectivity index (χ1) is 10.8. The van der Waals surface area contributed by atoms with E-state index in [1.807, 2.05) is 0 Å². The number of rotatable bonds is 9. The summed E-state index contributed by atoms with van der Waals surface area (Å²) in [5.74, 6) is 0. The van der Waals surface area contributed by atoms with Crippen LogP contribution in [0.1, 0.15) is 57.6 Å². The quantitative estimate of drug-likeness (QED) is 0.333. The molecule has 0 radical (unpaired) electrons. The van der Waals surface area contributed by atoms with Gasteiger partial charge in [-0.25, -0.2) is 0 Å². The van der Waals surface area contributed by atoms with E-state index < -0.39 is 0 Å². The maximum Gasteiger partial charge on any atom is -0.0184 e. The molecule has 0 nitrogen and oxygen atoms in total. The topological polar surface area (TPSA) is 0 Å². The summed E-state index contributed by atoms with van der Waals surface area (Å²) < 4.78 is 0. The van der Waals surface area contributed by atoms with Crippen molar-refractivity contribution in [2.24, 2.45) is 0 Å². The summed E-state index contributed by atoms with van der Waals surface area (Å²) >= 11 is 0. The Kier molecular flexibility index (Phi) is 13.2. The molecule has 0 aliphatic rings. The second-order valence-electron chi connectivity index (χ2n) is 6.10. The van der Waals surface area contributed by atoms with Gasteiger partial charge in [-0.3, -0.25) is 0 Å². The van der Waals surface area contributed by atoms with Gasteiger partial charge in [0, 0.05) is 0 Å². The molecular formula is C22H36P2. The lowest BCUT2D eigenvalue weighted by atomic mass is 9.99. The third-order valence-electron chi connectivity index (χ3n) is 4.23. The lowest BCUT2D eigenvalue weighted by molar-refractivity contribution is 0.717. The summed E-state index contributed by atoms with van der Waals surface area (Å²) in [7, 11) is 2.81. The minimum atomic E-state index is 0. The Bertz CT molecular complexity index is 477. The molecule has 0 aliphatic carbocycles. The molecule has 0 spiro atoms. The molecular weight excluding hydrogens is 326 g/mol. The average molecular weight is 362 g/mol. The van der Waals surface area contributed by atoms with Gasteiger partial charge >= 0.3 is 0 Å². The molecule has 2 heteroatoms. The van der Waals surface area contributed by atoms with Crippen LogP contribution >= 0.6 is 19.1 Å². The van der Waals surface area contributed by atoms with E-state index >= 15 is 0 Å². The number of aryl methyl sites for hydroxylation is 2. The fourth-order valence-corrected chi connectivity index (χ4v) is 3.07. The van der Waals surface area contributed by atoms with Crippen molar-refractivity contribution in [2.75, 3.05) is 6.16 Å². The summed E-state index contributed by atoms with van der Waals surface area (Å²) in [5.41, 5.74) is 5.58. The largest absolute Gasteiger partial charge is 0.153 e. The maximum absolute atomic E-state index is 2.81. The SMILES string of the molecule is C.CCCCCc1ccc(-c2ccc(CCCCP)cc2)cc1.P. The van der Waals surface area contributed by atoms with Crippen LogP contribution in [0, 0.1) is 0 Å². The van der Waals surface area contributed by atoms with Crippen LogP contribution in [0.15, 0.2) is 48.5 Å². The Morgan fingerprint density at radius 3 is 1.46 bits per heavy atom. The second kappa shape index (κ2) is 13.6. The number of benzene rings is 2. The van der Waals surface area contributed by atoms with Crippen LogP contribution < -0.4 is 0 Å². The molecule has 2 unspecified atom stereocenters. The van der Waals surface area contributed by atoms with Gasteiger partial charge in [0.2, 0.25) is 0 Å². The first-order valence-electron chi connectivity index (χ1n) is 8.72. The predicted molar refractivity (Wildman–Crippen MR) is 120 cm³/mol. The lowest BCUT2D eigenvalue weighted by Gasteiger charge is -2.06. The molecule has 0 saturated carbocycles. The molecule has 0 heterocycles. The van der Waals surface area contributed by atoms with E-state index in [0.717, 1.165) is 0 Å². The van der Waals surface area contributed by atoms with Crippen molar-refractivity contribution in [1.29, 1.82) is 0 Å². The average Bonchev–Trinajstić information content (AvgIpc) is 2.57.